The van der Waals surface area contributed by atoms with Gasteiger partial charge in [0.25, 0.3) is 0 Å². The summed E-state index contributed by atoms with van der Waals surface area (Å²) in [4.78, 5) is 33.8. The van der Waals surface area contributed by atoms with Gasteiger partial charge in [-0.1, -0.05) is 12.8 Å². The molecule has 6 N–H and O–H groups in total. The maximum atomic E-state index is 14.0. The monoisotopic (exact) mass is 468 g/mol. The number of hydrogen-bond acceptors (Lipinski definition) is 7. The summed E-state index contributed by atoms with van der Waals surface area (Å²) in [6.45, 7) is 0.499. The molecule has 3 unspecified atom stereocenters. The van der Waals surface area contributed by atoms with Crippen LogP contribution in [0.15, 0.2) is 12.1 Å². The molecular weight excluding hydrogens is 439 g/mol. The first-order valence-electron chi connectivity index (χ1n) is 10.9. The molecule has 1 amide bonds. The molecule has 33 heavy (non-hydrogen) atoms. The van der Waals surface area contributed by atoms with E-state index in [2.05, 4.69) is 4.90 Å². The summed E-state index contributed by atoms with van der Waals surface area (Å²) in [5.41, 5.74) is 6.52. The number of fused-ring (bicyclic) bond motifs is 1. The van der Waals surface area contributed by atoms with Gasteiger partial charge in [0, 0.05) is 29.3 Å². The summed E-state index contributed by atoms with van der Waals surface area (Å²) in [5.74, 6) is -4.23. The van der Waals surface area contributed by atoms with E-state index >= 15 is 0 Å². The highest BCUT2D eigenvalue weighted by atomic mass is 19.1. The van der Waals surface area contributed by atoms with Crippen LogP contribution in [0.1, 0.15) is 54.4 Å². The summed E-state index contributed by atoms with van der Waals surface area (Å²) in [5, 5.41) is 32.5. The Bertz CT molecular complexity index is 871. The number of aliphatic hydroxyl groups excluding tert-OH is 2. The van der Waals surface area contributed by atoms with Crippen molar-refractivity contribution in [3.8, 4) is 5.75 Å². The molecule has 1 heterocycles. The molecule has 182 valence electrons. The Labute approximate surface area is 189 Å². The van der Waals surface area contributed by atoms with Gasteiger partial charge in [-0.3, -0.25) is 9.69 Å². The van der Waals surface area contributed by atoms with Crippen molar-refractivity contribution in [2.24, 2.45) is 5.73 Å². The van der Waals surface area contributed by atoms with Crippen LogP contribution in [0.2, 0.25) is 0 Å². The molecule has 2 fully saturated rings. The first kappa shape index (κ1) is 24.9. The molecule has 0 spiro atoms. The van der Waals surface area contributed by atoms with Crippen molar-refractivity contribution in [3.63, 3.8) is 0 Å². The van der Waals surface area contributed by atoms with Crippen LogP contribution >= 0.6 is 0 Å². The number of carboxylic acids is 2. The van der Waals surface area contributed by atoms with Crippen LogP contribution in [-0.4, -0.2) is 80.1 Å². The van der Waals surface area contributed by atoms with Crippen LogP contribution in [0.4, 0.5) is 4.39 Å². The Morgan fingerprint density at radius 1 is 0.970 bits per heavy atom. The van der Waals surface area contributed by atoms with Crippen LogP contribution < -0.4 is 10.5 Å². The van der Waals surface area contributed by atoms with Gasteiger partial charge in [0.1, 0.15) is 6.61 Å². The van der Waals surface area contributed by atoms with Gasteiger partial charge in [0.05, 0.1) is 0 Å². The van der Waals surface area contributed by atoms with Gasteiger partial charge in [0.2, 0.25) is 5.91 Å². The summed E-state index contributed by atoms with van der Waals surface area (Å²) in [6.07, 6.45) is 3.67. The van der Waals surface area contributed by atoms with Crippen LogP contribution in [-0.2, 0) is 16.0 Å². The van der Waals surface area contributed by atoms with E-state index in [1.807, 2.05) is 0 Å². The molecule has 10 nitrogen and oxygen atoms in total. The minimum atomic E-state index is -2.27. The molecule has 11 heteroatoms. The molecular formula is C22H29FN2O8. The number of carbonyl (C=O) groups excluding carboxylic acids is 1. The average Bonchev–Trinajstić information content (AvgIpc) is 2.69. The lowest BCUT2D eigenvalue weighted by Crippen LogP contribution is -2.57. The maximum Gasteiger partial charge on any atom is 0.335 e. The fourth-order valence-corrected chi connectivity index (χ4v) is 4.39. The third-order valence-corrected chi connectivity index (χ3v) is 6.56. The number of primary amides is 1. The second kappa shape index (κ2) is 10.4. The second-order valence-electron chi connectivity index (χ2n) is 8.62. The highest BCUT2D eigenvalue weighted by molar-refractivity contribution is 5.95. The Balaban J connectivity index is 0.000000262. The second-order valence-corrected chi connectivity index (χ2v) is 8.62. The molecule has 2 aliphatic carbocycles. The average molecular weight is 468 g/mol. The quantitative estimate of drug-likeness (QED) is 0.382. The lowest BCUT2D eigenvalue weighted by Gasteiger charge is -2.51. The van der Waals surface area contributed by atoms with Gasteiger partial charge in [-0.15, -0.1) is 0 Å². The van der Waals surface area contributed by atoms with Gasteiger partial charge < -0.3 is 30.9 Å². The summed E-state index contributed by atoms with van der Waals surface area (Å²) >= 11 is 0. The van der Waals surface area contributed by atoms with Crippen LogP contribution in [0, 0.1) is 5.82 Å². The first-order chi connectivity index (χ1) is 15.6. The van der Waals surface area contributed by atoms with E-state index in [0.717, 1.165) is 0 Å². The van der Waals surface area contributed by atoms with Crippen molar-refractivity contribution < 1.29 is 43.9 Å². The number of rotatable bonds is 7. The number of carboxylic acid groups (broad SMARTS) is 2. The third kappa shape index (κ3) is 5.43. The number of aliphatic carboxylic acids is 2. The largest absolute Gasteiger partial charge is 0.489 e. The molecule has 0 radical (unpaired) electrons. The van der Waals surface area contributed by atoms with E-state index in [1.165, 1.54) is 50.7 Å². The van der Waals surface area contributed by atoms with E-state index in [4.69, 9.17) is 30.9 Å². The van der Waals surface area contributed by atoms with E-state index in [0.29, 0.717) is 36.2 Å². The van der Waals surface area contributed by atoms with Crippen molar-refractivity contribution in [3.05, 3.63) is 29.1 Å². The third-order valence-electron chi connectivity index (χ3n) is 6.56. The van der Waals surface area contributed by atoms with Crippen molar-refractivity contribution in [1.82, 2.24) is 4.90 Å². The summed E-state index contributed by atoms with van der Waals surface area (Å²) in [7, 11) is 0. The molecule has 1 aliphatic heterocycles. The fourth-order valence-electron chi connectivity index (χ4n) is 4.39. The predicted molar refractivity (Wildman–Crippen MR) is 112 cm³/mol. The number of aliphatic hydroxyl groups is 2. The molecule has 4 rings (SSSR count). The molecule has 3 aliphatic rings. The predicted octanol–water partition coefficient (Wildman–Crippen LogP) is 0.513. The SMILES string of the molecule is NC(=O)c1ccc(F)c2c1CC(N(C1CCC1)C1CCC1)CO2.O=C(O)C(O)C(O)C(=O)O. The summed E-state index contributed by atoms with van der Waals surface area (Å²) in [6, 6.07) is 4.23. The molecule has 0 saturated heterocycles. The molecule has 3 atom stereocenters. The smallest absolute Gasteiger partial charge is 0.335 e. The minimum Gasteiger partial charge on any atom is -0.489 e. The molecule has 0 bridgehead atoms. The summed E-state index contributed by atoms with van der Waals surface area (Å²) < 4.78 is 19.8. The van der Waals surface area contributed by atoms with E-state index in [-0.39, 0.29) is 11.8 Å². The van der Waals surface area contributed by atoms with Crippen LogP contribution in [0.25, 0.3) is 0 Å². The zero-order valence-corrected chi connectivity index (χ0v) is 18.0. The zero-order valence-electron chi connectivity index (χ0n) is 18.0. The Kier molecular flexibility index (Phi) is 7.88. The Morgan fingerprint density at radius 3 is 1.88 bits per heavy atom. The number of benzene rings is 1. The first-order valence-corrected chi connectivity index (χ1v) is 10.9. The Morgan fingerprint density at radius 2 is 1.48 bits per heavy atom. The lowest BCUT2D eigenvalue weighted by molar-refractivity contribution is -0.165. The van der Waals surface area contributed by atoms with Gasteiger partial charge in [-0.05, 0) is 44.2 Å². The normalized spacial score (nSPS) is 21.9. The van der Waals surface area contributed by atoms with Crippen molar-refractivity contribution >= 4 is 17.8 Å². The standard InChI is InChI=1S/C18H23FN2O2.C4H6O6/c19-16-8-7-14(18(20)22)15-9-13(10-23-17(15)16)21(11-3-1-4-11)12-5-2-6-12;5-1(3(7)8)2(6)4(9)10/h7-8,11-13H,1-6,9-10H2,(H2,20,22);1-2,5-6H,(H,7,8)(H,9,10). The van der Waals surface area contributed by atoms with Crippen molar-refractivity contribution in [2.75, 3.05) is 6.61 Å². The van der Waals surface area contributed by atoms with Crippen molar-refractivity contribution in [2.45, 2.75) is 75.3 Å². The fraction of sp³-hybridized carbons (Fsp3) is 0.591. The lowest BCUT2D eigenvalue weighted by atomic mass is 9.82. The number of carbonyl (C=O) groups is 3. The van der Waals surface area contributed by atoms with Gasteiger partial charge >= 0.3 is 11.9 Å². The minimum absolute atomic E-state index is 0.220. The van der Waals surface area contributed by atoms with Crippen LogP contribution in [0.3, 0.4) is 0 Å². The maximum absolute atomic E-state index is 14.0. The topological polar surface area (TPSA) is 171 Å². The number of amides is 1. The van der Waals surface area contributed by atoms with Gasteiger partial charge in [0.15, 0.2) is 23.8 Å². The van der Waals surface area contributed by atoms with E-state index in [9.17, 15) is 18.8 Å². The van der Waals surface area contributed by atoms with Gasteiger partial charge in [-0.25, -0.2) is 14.0 Å². The van der Waals surface area contributed by atoms with Crippen LogP contribution in [0.5, 0.6) is 5.75 Å². The van der Waals surface area contributed by atoms with Gasteiger partial charge in [-0.2, -0.15) is 0 Å². The highest BCUT2D eigenvalue weighted by Crippen LogP contribution is 2.39. The number of hydrogen-bond donors (Lipinski definition) is 5. The Hall–Kier alpha value is -2.76. The van der Waals surface area contributed by atoms with Crippen molar-refractivity contribution in [1.29, 1.82) is 0 Å². The molecule has 0 aromatic heterocycles. The number of nitrogens with two attached hydrogens (primary N) is 1. The van der Waals surface area contributed by atoms with E-state index < -0.39 is 35.9 Å². The number of ether oxygens (including phenoxy) is 1. The van der Waals surface area contributed by atoms with E-state index in [1.54, 1.807) is 0 Å². The number of nitrogens with zero attached hydrogens (tertiary/aromatic N) is 1. The highest BCUT2D eigenvalue weighted by Gasteiger charge is 2.40. The zero-order chi connectivity index (χ0) is 24.3. The molecule has 2 saturated carbocycles. The molecule has 1 aromatic rings. The number of halogens is 1. The molecule has 1 aromatic carbocycles.